The quantitative estimate of drug-likeness (QED) is 0.383. The van der Waals surface area contributed by atoms with Crippen LogP contribution in [0.15, 0.2) is 41.7 Å². The number of hydrogen-bond donors (Lipinski definition) is 2. The van der Waals surface area contributed by atoms with E-state index in [1.807, 2.05) is 32.0 Å². The van der Waals surface area contributed by atoms with Crippen molar-refractivity contribution >= 4 is 5.84 Å². The molecule has 0 fully saturated rings. The van der Waals surface area contributed by atoms with E-state index in [0.717, 1.165) is 11.3 Å². The lowest BCUT2D eigenvalue weighted by molar-refractivity contribution is 0.318. The van der Waals surface area contributed by atoms with Crippen molar-refractivity contribution < 1.29 is 9.94 Å². The van der Waals surface area contributed by atoms with E-state index in [-0.39, 0.29) is 5.84 Å². The summed E-state index contributed by atoms with van der Waals surface area (Å²) in [7, 11) is 0. The van der Waals surface area contributed by atoms with Crippen LogP contribution in [-0.2, 0) is 0 Å². The maximum atomic E-state index is 8.55. The molecule has 0 aliphatic carbocycles. The summed E-state index contributed by atoms with van der Waals surface area (Å²) in [5, 5.41) is 11.4. The number of pyridine rings is 1. The summed E-state index contributed by atoms with van der Waals surface area (Å²) in [6.45, 7) is 4.02. The van der Waals surface area contributed by atoms with Crippen LogP contribution in [0, 0.1) is 13.8 Å². The van der Waals surface area contributed by atoms with Crippen molar-refractivity contribution in [2.45, 2.75) is 13.8 Å². The number of rotatable bonds is 3. The molecule has 0 saturated heterocycles. The Morgan fingerprint density at radius 2 is 2.05 bits per heavy atom. The van der Waals surface area contributed by atoms with Crippen molar-refractivity contribution in [3.05, 3.63) is 53.3 Å². The fourth-order valence-corrected chi connectivity index (χ4v) is 1.68. The molecule has 2 rings (SSSR count). The first kappa shape index (κ1) is 12.9. The van der Waals surface area contributed by atoms with Crippen LogP contribution in [0.4, 0.5) is 0 Å². The van der Waals surface area contributed by atoms with Gasteiger partial charge in [0.2, 0.25) is 0 Å². The second-order valence-electron chi connectivity index (χ2n) is 4.24. The van der Waals surface area contributed by atoms with Gasteiger partial charge in [-0.2, -0.15) is 0 Å². The lowest BCUT2D eigenvalue weighted by atomic mass is 10.1. The normalized spacial score (nSPS) is 11.4. The molecule has 3 N–H and O–H groups in total. The zero-order valence-corrected chi connectivity index (χ0v) is 10.8. The van der Waals surface area contributed by atoms with Gasteiger partial charge in [-0.15, -0.1) is 0 Å². The van der Waals surface area contributed by atoms with Gasteiger partial charge in [0.15, 0.2) is 5.84 Å². The van der Waals surface area contributed by atoms with Crippen molar-refractivity contribution in [1.29, 1.82) is 0 Å². The van der Waals surface area contributed by atoms with Gasteiger partial charge in [-0.25, -0.2) is 4.98 Å². The van der Waals surface area contributed by atoms with E-state index in [0.29, 0.717) is 11.4 Å². The summed E-state index contributed by atoms with van der Waals surface area (Å²) < 4.78 is 5.73. The Bertz CT molecular complexity index is 607. The molecule has 1 heterocycles. The molecule has 2 aromatic rings. The Labute approximate surface area is 111 Å². The Balaban J connectivity index is 2.20. The van der Waals surface area contributed by atoms with Crippen LogP contribution in [0.2, 0.25) is 0 Å². The van der Waals surface area contributed by atoms with Crippen LogP contribution in [0.3, 0.4) is 0 Å². The minimum absolute atomic E-state index is 0.0296. The molecule has 1 aromatic carbocycles. The molecule has 0 spiro atoms. The predicted molar refractivity (Wildman–Crippen MR) is 72.7 cm³/mol. The summed E-state index contributed by atoms with van der Waals surface area (Å²) in [6.07, 6.45) is 1.53. The molecule has 0 bridgehead atoms. The average Bonchev–Trinajstić information content (AvgIpc) is 2.42. The third-order valence-corrected chi connectivity index (χ3v) is 2.66. The van der Waals surface area contributed by atoms with E-state index >= 15 is 0 Å². The van der Waals surface area contributed by atoms with Crippen LogP contribution >= 0.6 is 0 Å². The molecule has 0 aliphatic rings. The van der Waals surface area contributed by atoms with Crippen molar-refractivity contribution in [2.24, 2.45) is 10.9 Å². The molecule has 0 atom stereocenters. The minimum atomic E-state index is -0.0296. The molecule has 0 saturated carbocycles. The number of oxime groups is 1. The van der Waals surface area contributed by atoms with E-state index in [1.165, 1.54) is 11.8 Å². The highest BCUT2D eigenvalue weighted by atomic mass is 16.5. The monoisotopic (exact) mass is 257 g/mol. The van der Waals surface area contributed by atoms with Gasteiger partial charge in [0.25, 0.3) is 0 Å². The largest absolute Gasteiger partial charge is 0.455 e. The van der Waals surface area contributed by atoms with Gasteiger partial charge in [-0.1, -0.05) is 22.9 Å². The zero-order chi connectivity index (χ0) is 13.8. The maximum Gasteiger partial charge on any atom is 0.188 e. The molecule has 98 valence electrons. The lowest BCUT2D eigenvalue weighted by Crippen LogP contribution is -2.14. The molecule has 5 nitrogen and oxygen atoms in total. The molecule has 1 aromatic heterocycles. The van der Waals surface area contributed by atoms with Gasteiger partial charge in [-0.3, -0.25) is 0 Å². The maximum absolute atomic E-state index is 8.55. The first-order valence-electron chi connectivity index (χ1n) is 5.79. The lowest BCUT2D eigenvalue weighted by Gasteiger charge is -2.09. The highest BCUT2D eigenvalue weighted by Crippen LogP contribution is 2.25. The van der Waals surface area contributed by atoms with Gasteiger partial charge in [-0.05, 0) is 37.6 Å². The third kappa shape index (κ3) is 3.01. The number of benzene rings is 1. The van der Waals surface area contributed by atoms with Crippen LogP contribution in [0.1, 0.15) is 16.8 Å². The van der Waals surface area contributed by atoms with Crippen LogP contribution in [0.5, 0.6) is 11.5 Å². The summed E-state index contributed by atoms with van der Waals surface area (Å²) in [5.41, 5.74) is 8.07. The third-order valence-electron chi connectivity index (χ3n) is 2.66. The van der Waals surface area contributed by atoms with Gasteiger partial charge in [0.05, 0.1) is 6.20 Å². The number of nitrogens with zero attached hydrogens (tertiary/aromatic N) is 2. The predicted octanol–water partition coefficient (Wildman–Crippen LogP) is 2.59. The fraction of sp³-hybridized carbons (Fsp3) is 0.143. The number of aryl methyl sites for hydroxylation is 2. The summed E-state index contributed by atoms with van der Waals surface area (Å²) in [4.78, 5) is 4.05. The van der Waals surface area contributed by atoms with Gasteiger partial charge in [0.1, 0.15) is 17.2 Å². The molecule has 0 amide bonds. The first-order chi connectivity index (χ1) is 9.10. The van der Waals surface area contributed by atoms with Crippen molar-refractivity contribution in [1.82, 2.24) is 4.98 Å². The van der Waals surface area contributed by atoms with E-state index in [9.17, 15) is 0 Å². The number of amidine groups is 1. The van der Waals surface area contributed by atoms with Gasteiger partial charge < -0.3 is 15.7 Å². The minimum Gasteiger partial charge on any atom is -0.455 e. The van der Waals surface area contributed by atoms with Crippen LogP contribution in [-0.4, -0.2) is 16.0 Å². The molecule has 0 unspecified atom stereocenters. The standard InChI is InChI=1S/C14H15N3O2/c1-9-3-6-13(10(2)7-9)19-11-4-5-12(16-8-11)14(15)17-18/h3-8,18H,1-2H3,(H2,15,17). The number of aromatic nitrogens is 1. The van der Waals surface area contributed by atoms with E-state index in [2.05, 4.69) is 10.1 Å². The summed E-state index contributed by atoms with van der Waals surface area (Å²) in [5.74, 6) is 1.35. The second kappa shape index (κ2) is 5.39. The topological polar surface area (TPSA) is 80.7 Å². The number of ether oxygens (including phenoxy) is 1. The SMILES string of the molecule is Cc1ccc(Oc2ccc(/C(N)=N/O)nc2)c(C)c1. The Morgan fingerprint density at radius 1 is 1.26 bits per heavy atom. The van der Waals surface area contributed by atoms with Gasteiger partial charge in [0, 0.05) is 0 Å². The van der Waals surface area contributed by atoms with Crippen molar-refractivity contribution in [3.8, 4) is 11.5 Å². The highest BCUT2D eigenvalue weighted by molar-refractivity contribution is 5.95. The van der Waals surface area contributed by atoms with Crippen LogP contribution in [0.25, 0.3) is 0 Å². The Kier molecular flexibility index (Phi) is 3.66. The van der Waals surface area contributed by atoms with E-state index in [4.69, 9.17) is 15.7 Å². The molecular weight excluding hydrogens is 242 g/mol. The number of nitrogens with two attached hydrogens (primary N) is 1. The van der Waals surface area contributed by atoms with Crippen molar-refractivity contribution in [2.75, 3.05) is 0 Å². The molecule has 0 radical (unpaired) electrons. The second-order valence-corrected chi connectivity index (χ2v) is 4.24. The fourth-order valence-electron chi connectivity index (χ4n) is 1.68. The van der Waals surface area contributed by atoms with Crippen molar-refractivity contribution in [3.63, 3.8) is 0 Å². The van der Waals surface area contributed by atoms with E-state index < -0.39 is 0 Å². The summed E-state index contributed by atoms with van der Waals surface area (Å²) in [6, 6.07) is 9.31. The summed E-state index contributed by atoms with van der Waals surface area (Å²) >= 11 is 0. The molecule has 0 aliphatic heterocycles. The number of hydrogen-bond acceptors (Lipinski definition) is 4. The van der Waals surface area contributed by atoms with Gasteiger partial charge >= 0.3 is 0 Å². The molecule has 5 heteroatoms. The zero-order valence-electron chi connectivity index (χ0n) is 10.8. The highest BCUT2D eigenvalue weighted by Gasteiger charge is 2.04. The smallest absolute Gasteiger partial charge is 0.188 e. The average molecular weight is 257 g/mol. The Morgan fingerprint density at radius 3 is 2.63 bits per heavy atom. The first-order valence-corrected chi connectivity index (χ1v) is 5.79. The molecular formula is C14H15N3O2. The van der Waals surface area contributed by atoms with E-state index in [1.54, 1.807) is 12.1 Å². The van der Waals surface area contributed by atoms with Crippen LogP contribution < -0.4 is 10.5 Å². The Hall–Kier alpha value is -2.56. The molecule has 19 heavy (non-hydrogen) atoms.